The molecule has 0 radical (unpaired) electrons. The normalized spacial score (nSPS) is 15.9. The Balaban J connectivity index is 1.31. The number of hydrazine groups is 1. The van der Waals surface area contributed by atoms with Gasteiger partial charge in [-0.25, -0.2) is 4.98 Å². The van der Waals surface area contributed by atoms with E-state index in [0.717, 1.165) is 46.4 Å². The Kier molecular flexibility index (Phi) is 5.81. The number of ether oxygens (including phenoxy) is 1. The molecule has 2 N–H and O–H groups in total. The van der Waals surface area contributed by atoms with Crippen LogP contribution in [0.15, 0.2) is 34.7 Å². The second-order valence-electron chi connectivity index (χ2n) is 11.5. The summed E-state index contributed by atoms with van der Waals surface area (Å²) in [6.45, 7) is 15.2. The topological polar surface area (TPSA) is 94.2 Å². The summed E-state index contributed by atoms with van der Waals surface area (Å²) in [6, 6.07) is 9.51. The lowest BCUT2D eigenvalue weighted by Crippen LogP contribution is -2.33. The minimum atomic E-state index is -0.430. The molecule has 4 aromatic rings. The zero-order valence-electron chi connectivity index (χ0n) is 22.9. The van der Waals surface area contributed by atoms with E-state index < -0.39 is 5.91 Å². The fourth-order valence-corrected chi connectivity index (χ4v) is 5.32. The van der Waals surface area contributed by atoms with Gasteiger partial charge in [0.05, 0.1) is 5.69 Å². The standard InChI is InChI=1S/C29H35N5O3/c1-16-13-19-20(29(6,7)12-11-28(19,4)5)15-22(16)37-24-10-9-21(36-24)27(35)32-31-23-14-17(2)25-18(3)33-34(8)26(25)30-23/h9-10,13-15H,11-12H2,1-8H3,(H,30,31)(H,32,35). The molecule has 5 rings (SSSR count). The summed E-state index contributed by atoms with van der Waals surface area (Å²) in [5.74, 6) is 1.22. The van der Waals surface area contributed by atoms with Crippen LogP contribution in [-0.2, 0) is 17.9 Å². The van der Waals surface area contributed by atoms with Crippen LogP contribution in [0.5, 0.6) is 11.7 Å². The number of nitrogens with one attached hydrogen (secondary N) is 2. The van der Waals surface area contributed by atoms with E-state index in [1.165, 1.54) is 11.1 Å². The van der Waals surface area contributed by atoms with Crippen molar-refractivity contribution in [1.82, 2.24) is 20.2 Å². The fourth-order valence-electron chi connectivity index (χ4n) is 5.32. The van der Waals surface area contributed by atoms with Crippen molar-refractivity contribution in [2.75, 3.05) is 5.43 Å². The summed E-state index contributed by atoms with van der Waals surface area (Å²) in [5.41, 5.74) is 12.1. The molecule has 0 aliphatic heterocycles. The van der Waals surface area contributed by atoms with Crippen LogP contribution in [0.4, 0.5) is 5.82 Å². The molecule has 0 bridgehead atoms. The largest absolute Gasteiger partial charge is 0.426 e. The van der Waals surface area contributed by atoms with Crippen molar-refractivity contribution in [3.8, 4) is 11.7 Å². The molecule has 37 heavy (non-hydrogen) atoms. The SMILES string of the molecule is Cc1cc2c(cc1Oc1ccc(C(=O)NNc3cc(C)c4c(C)nn(C)c4n3)o1)C(C)(C)CCC2(C)C. The Bertz CT molecular complexity index is 1530. The van der Waals surface area contributed by atoms with Crippen LogP contribution in [0.2, 0.25) is 0 Å². The van der Waals surface area contributed by atoms with Gasteiger partial charge in [-0.05, 0) is 84.9 Å². The van der Waals surface area contributed by atoms with Gasteiger partial charge in [-0.1, -0.05) is 33.8 Å². The van der Waals surface area contributed by atoms with Crippen LogP contribution in [-0.4, -0.2) is 20.7 Å². The first-order valence-electron chi connectivity index (χ1n) is 12.7. The fraction of sp³-hybridized carbons (Fsp3) is 0.414. The number of hydrogen-bond acceptors (Lipinski definition) is 6. The molecule has 0 spiro atoms. The predicted octanol–water partition coefficient (Wildman–Crippen LogP) is 6.38. The molecule has 0 unspecified atom stereocenters. The first kappa shape index (κ1) is 24.9. The number of furan rings is 1. The number of benzene rings is 1. The van der Waals surface area contributed by atoms with Gasteiger partial charge in [0.25, 0.3) is 5.95 Å². The van der Waals surface area contributed by atoms with Gasteiger partial charge < -0.3 is 9.15 Å². The average Bonchev–Trinajstić information content (AvgIpc) is 3.40. The van der Waals surface area contributed by atoms with E-state index in [-0.39, 0.29) is 22.5 Å². The Morgan fingerprint density at radius 1 is 1.00 bits per heavy atom. The van der Waals surface area contributed by atoms with Crippen molar-refractivity contribution < 1.29 is 13.9 Å². The minimum absolute atomic E-state index is 0.0696. The van der Waals surface area contributed by atoms with Crippen LogP contribution in [0.25, 0.3) is 11.0 Å². The summed E-state index contributed by atoms with van der Waals surface area (Å²) in [5, 5.41) is 5.44. The highest BCUT2D eigenvalue weighted by Gasteiger charge is 2.37. The van der Waals surface area contributed by atoms with Crippen molar-refractivity contribution in [2.45, 2.75) is 72.1 Å². The third-order valence-corrected chi connectivity index (χ3v) is 7.63. The van der Waals surface area contributed by atoms with E-state index >= 15 is 0 Å². The van der Waals surface area contributed by atoms with Crippen LogP contribution < -0.4 is 15.6 Å². The quantitative estimate of drug-likeness (QED) is 0.308. The van der Waals surface area contributed by atoms with Gasteiger partial charge in [0.2, 0.25) is 0 Å². The van der Waals surface area contributed by atoms with E-state index in [9.17, 15) is 4.79 Å². The number of fused-ring (bicyclic) bond motifs is 2. The molecular formula is C29H35N5O3. The van der Waals surface area contributed by atoms with Crippen LogP contribution in [0.1, 0.15) is 79.0 Å². The van der Waals surface area contributed by atoms with E-state index in [2.05, 4.69) is 60.8 Å². The van der Waals surface area contributed by atoms with E-state index in [1.54, 1.807) is 16.8 Å². The summed E-state index contributed by atoms with van der Waals surface area (Å²) in [7, 11) is 1.85. The molecule has 194 valence electrons. The average molecular weight is 502 g/mol. The monoisotopic (exact) mass is 501 g/mol. The maximum Gasteiger partial charge on any atom is 0.305 e. The van der Waals surface area contributed by atoms with E-state index in [1.807, 2.05) is 33.9 Å². The van der Waals surface area contributed by atoms with Gasteiger partial charge in [-0.2, -0.15) is 5.10 Å². The lowest BCUT2D eigenvalue weighted by atomic mass is 9.63. The maximum absolute atomic E-state index is 12.8. The number of hydrogen-bond donors (Lipinski definition) is 2. The van der Waals surface area contributed by atoms with Crippen molar-refractivity contribution >= 4 is 22.8 Å². The van der Waals surface area contributed by atoms with Gasteiger partial charge in [0, 0.05) is 18.5 Å². The minimum Gasteiger partial charge on any atom is -0.426 e. The number of nitrogens with zero attached hydrogens (tertiary/aromatic N) is 3. The lowest BCUT2D eigenvalue weighted by molar-refractivity contribution is 0.0930. The molecular weight excluding hydrogens is 466 g/mol. The van der Waals surface area contributed by atoms with Crippen LogP contribution in [0.3, 0.4) is 0 Å². The van der Waals surface area contributed by atoms with E-state index in [0.29, 0.717) is 5.82 Å². The van der Waals surface area contributed by atoms with Crippen LogP contribution in [0, 0.1) is 20.8 Å². The first-order chi connectivity index (χ1) is 17.4. The second kappa shape index (κ2) is 8.64. The van der Waals surface area contributed by atoms with Crippen molar-refractivity contribution in [3.05, 3.63) is 64.0 Å². The molecule has 1 aliphatic carbocycles. The molecule has 1 amide bonds. The summed E-state index contributed by atoms with van der Waals surface area (Å²) < 4.78 is 13.6. The molecule has 3 heterocycles. The third-order valence-electron chi connectivity index (χ3n) is 7.63. The highest BCUT2D eigenvalue weighted by molar-refractivity contribution is 5.92. The first-order valence-corrected chi connectivity index (χ1v) is 12.7. The van der Waals surface area contributed by atoms with Gasteiger partial charge in [-0.15, -0.1) is 0 Å². The highest BCUT2D eigenvalue weighted by atomic mass is 16.6. The Morgan fingerprint density at radius 2 is 1.68 bits per heavy atom. The smallest absolute Gasteiger partial charge is 0.305 e. The zero-order valence-corrected chi connectivity index (χ0v) is 22.9. The predicted molar refractivity (Wildman–Crippen MR) is 144 cm³/mol. The third kappa shape index (κ3) is 4.45. The van der Waals surface area contributed by atoms with Crippen molar-refractivity contribution in [2.24, 2.45) is 7.05 Å². The number of carbonyl (C=O) groups is 1. The molecule has 0 saturated heterocycles. The van der Waals surface area contributed by atoms with Gasteiger partial charge in [-0.3, -0.25) is 20.3 Å². The Labute approximate surface area is 217 Å². The molecule has 0 saturated carbocycles. The Hall–Kier alpha value is -3.81. The molecule has 8 nitrogen and oxygen atoms in total. The van der Waals surface area contributed by atoms with Gasteiger partial charge in [0.15, 0.2) is 11.4 Å². The number of carbonyl (C=O) groups excluding carboxylic acids is 1. The van der Waals surface area contributed by atoms with Crippen molar-refractivity contribution in [3.63, 3.8) is 0 Å². The molecule has 0 atom stereocenters. The molecule has 3 aromatic heterocycles. The highest BCUT2D eigenvalue weighted by Crippen LogP contribution is 2.48. The number of pyridine rings is 1. The number of amides is 1. The summed E-state index contributed by atoms with van der Waals surface area (Å²) >= 11 is 0. The maximum atomic E-state index is 12.8. The lowest BCUT2D eigenvalue weighted by Gasteiger charge is -2.42. The second-order valence-corrected chi connectivity index (χ2v) is 11.5. The summed E-state index contributed by atoms with van der Waals surface area (Å²) in [6.07, 6.45) is 2.27. The molecule has 1 aromatic carbocycles. The van der Waals surface area contributed by atoms with Gasteiger partial charge in [0.1, 0.15) is 11.6 Å². The zero-order chi connectivity index (χ0) is 26.7. The van der Waals surface area contributed by atoms with Crippen LogP contribution >= 0.6 is 0 Å². The molecule has 1 aliphatic rings. The number of rotatable bonds is 5. The molecule has 8 heteroatoms. The summed E-state index contributed by atoms with van der Waals surface area (Å²) in [4.78, 5) is 17.3. The number of aryl methyl sites for hydroxylation is 4. The molecule has 0 fully saturated rings. The van der Waals surface area contributed by atoms with Gasteiger partial charge >= 0.3 is 5.91 Å². The number of anilines is 1. The van der Waals surface area contributed by atoms with Crippen molar-refractivity contribution in [1.29, 1.82) is 0 Å². The Morgan fingerprint density at radius 3 is 2.38 bits per heavy atom. The number of aromatic nitrogens is 3. The van der Waals surface area contributed by atoms with E-state index in [4.69, 9.17) is 9.15 Å².